The summed E-state index contributed by atoms with van der Waals surface area (Å²) in [6.45, 7) is -0.798. The molecule has 0 amide bonds. The van der Waals surface area contributed by atoms with Crippen molar-refractivity contribution in [3.8, 4) is 0 Å². The molecule has 0 saturated heterocycles. The van der Waals surface area contributed by atoms with Crippen LogP contribution < -0.4 is 4.90 Å². The first-order valence-corrected chi connectivity index (χ1v) is 9.25. The Morgan fingerprint density at radius 2 is 1.70 bits per heavy atom. The fourth-order valence-electron chi connectivity index (χ4n) is 2.86. The molecule has 0 spiro atoms. The van der Waals surface area contributed by atoms with Crippen LogP contribution in [0, 0.1) is 0 Å². The first kappa shape index (κ1) is 19.2. The summed E-state index contributed by atoms with van der Waals surface area (Å²) in [5.74, 6) is -1.30. The Bertz CT molecular complexity index is 959. The Hall–Kier alpha value is -2.59. The number of carbonyl (C=O) groups is 1. The normalized spacial score (nSPS) is 16.8. The van der Waals surface area contributed by atoms with Gasteiger partial charge in [0.05, 0.1) is 17.9 Å². The van der Waals surface area contributed by atoms with E-state index in [0.29, 0.717) is 11.3 Å². The summed E-state index contributed by atoms with van der Waals surface area (Å²) in [4.78, 5) is 12.6. The van der Waals surface area contributed by atoms with E-state index in [9.17, 15) is 26.4 Å². The topological polar surface area (TPSA) is 77.9 Å². The molecule has 2 aromatic rings. The van der Waals surface area contributed by atoms with Gasteiger partial charge in [0.25, 0.3) is 0 Å². The molecule has 0 aliphatic carbocycles. The fraction of sp³-hybridized carbons (Fsp3) is 0.235. The lowest BCUT2D eigenvalue weighted by atomic mass is 10.1. The van der Waals surface area contributed by atoms with Gasteiger partial charge in [-0.25, -0.2) is 8.42 Å². The second kappa shape index (κ2) is 6.86. The van der Waals surface area contributed by atoms with E-state index in [2.05, 4.69) is 0 Å². The van der Waals surface area contributed by atoms with Gasteiger partial charge in [-0.2, -0.15) is 17.5 Å². The van der Waals surface area contributed by atoms with Crippen LogP contribution in [-0.2, 0) is 27.5 Å². The molecule has 0 bridgehead atoms. The molecule has 144 valence electrons. The highest BCUT2D eigenvalue weighted by atomic mass is 32.2. The number of aliphatic carboxylic acids is 1. The van der Waals surface area contributed by atoms with Crippen molar-refractivity contribution in [3.05, 3.63) is 59.7 Å². The number of carboxylic acid groups (broad SMARTS) is 1. The van der Waals surface area contributed by atoms with Crippen LogP contribution in [0.3, 0.4) is 0 Å². The zero-order valence-electron chi connectivity index (χ0n) is 13.8. The maximum absolute atomic E-state index is 12.7. The Kier molecular flexibility index (Phi) is 4.87. The summed E-state index contributed by atoms with van der Waals surface area (Å²) in [6, 6.07) is 10.7. The molecule has 1 aliphatic rings. The van der Waals surface area contributed by atoms with Crippen molar-refractivity contribution in [2.75, 3.05) is 18.1 Å². The van der Waals surface area contributed by atoms with E-state index >= 15 is 0 Å². The molecule has 0 atom stereocenters. The minimum atomic E-state index is -4.44. The Labute approximate surface area is 153 Å². The molecular formula is C17H15F3N2O4S. The third kappa shape index (κ3) is 3.91. The zero-order valence-corrected chi connectivity index (χ0v) is 14.7. The summed E-state index contributed by atoms with van der Waals surface area (Å²) in [5, 5.41) is 9.00. The van der Waals surface area contributed by atoms with Crippen LogP contribution >= 0.6 is 0 Å². The number of nitrogens with zero attached hydrogens (tertiary/aromatic N) is 2. The van der Waals surface area contributed by atoms with Crippen LogP contribution in [0.15, 0.2) is 53.4 Å². The number of para-hydroxylation sites is 1. The number of hydrogen-bond donors (Lipinski definition) is 1. The monoisotopic (exact) mass is 400 g/mol. The lowest BCUT2D eigenvalue weighted by Gasteiger charge is -2.37. The quantitative estimate of drug-likeness (QED) is 0.854. The number of halogens is 3. The average molecular weight is 400 g/mol. The lowest BCUT2D eigenvalue weighted by molar-refractivity contribution is -0.138. The SMILES string of the molecule is O=C(O)CN1CN(Cc2ccc(C(F)(F)F)cc2)c2ccccc2S1(=O)=O. The second-order valence-corrected chi connectivity index (χ2v) is 7.92. The molecule has 27 heavy (non-hydrogen) atoms. The number of anilines is 1. The highest BCUT2D eigenvalue weighted by Gasteiger charge is 2.36. The molecule has 0 radical (unpaired) electrons. The number of carboxylic acids is 1. The molecule has 1 aliphatic heterocycles. The van der Waals surface area contributed by atoms with Gasteiger partial charge >= 0.3 is 12.1 Å². The van der Waals surface area contributed by atoms with Crippen molar-refractivity contribution in [3.63, 3.8) is 0 Å². The third-order valence-corrected chi connectivity index (χ3v) is 5.94. The molecule has 0 saturated carbocycles. The van der Waals surface area contributed by atoms with Crippen molar-refractivity contribution in [2.45, 2.75) is 17.6 Å². The van der Waals surface area contributed by atoms with E-state index in [1.165, 1.54) is 24.3 Å². The molecule has 2 aromatic carbocycles. The van der Waals surface area contributed by atoms with Crippen LogP contribution in [0.5, 0.6) is 0 Å². The van der Waals surface area contributed by atoms with Crippen molar-refractivity contribution in [1.82, 2.24) is 4.31 Å². The highest BCUT2D eigenvalue weighted by molar-refractivity contribution is 7.89. The van der Waals surface area contributed by atoms with Crippen molar-refractivity contribution in [1.29, 1.82) is 0 Å². The third-order valence-electron chi connectivity index (χ3n) is 4.12. The molecule has 10 heteroatoms. The summed E-state index contributed by atoms with van der Waals surface area (Å²) in [7, 11) is -3.97. The van der Waals surface area contributed by atoms with Crippen LogP contribution in [0.2, 0.25) is 0 Å². The number of fused-ring (bicyclic) bond motifs is 1. The summed E-state index contributed by atoms with van der Waals surface area (Å²) < 4.78 is 64.1. The predicted molar refractivity (Wildman–Crippen MR) is 90.5 cm³/mol. The number of benzene rings is 2. The maximum atomic E-state index is 12.7. The number of hydrogen-bond acceptors (Lipinski definition) is 4. The molecule has 0 unspecified atom stereocenters. The van der Waals surface area contributed by atoms with Gasteiger partial charge < -0.3 is 10.0 Å². The number of sulfonamides is 1. The van der Waals surface area contributed by atoms with E-state index in [-0.39, 0.29) is 18.1 Å². The molecule has 6 nitrogen and oxygen atoms in total. The van der Waals surface area contributed by atoms with Gasteiger partial charge in [0.2, 0.25) is 10.0 Å². The number of alkyl halides is 3. The van der Waals surface area contributed by atoms with Crippen LogP contribution in [0.25, 0.3) is 0 Å². The predicted octanol–water partition coefficient (Wildman–Crippen LogP) is 2.76. The van der Waals surface area contributed by atoms with Crippen molar-refractivity contribution >= 4 is 21.7 Å². The van der Waals surface area contributed by atoms with Crippen LogP contribution in [-0.4, -0.2) is 37.0 Å². The van der Waals surface area contributed by atoms with Crippen LogP contribution in [0.4, 0.5) is 18.9 Å². The smallest absolute Gasteiger partial charge is 0.416 e. The highest BCUT2D eigenvalue weighted by Crippen LogP contribution is 2.34. The Morgan fingerprint density at radius 3 is 2.30 bits per heavy atom. The molecular weight excluding hydrogens is 385 g/mol. The van der Waals surface area contributed by atoms with Gasteiger partial charge in [-0.1, -0.05) is 24.3 Å². The van der Waals surface area contributed by atoms with Crippen LogP contribution in [0.1, 0.15) is 11.1 Å². The van der Waals surface area contributed by atoms with Crippen molar-refractivity contribution < 1.29 is 31.5 Å². The Morgan fingerprint density at radius 1 is 1.07 bits per heavy atom. The molecule has 1 heterocycles. The molecule has 1 N–H and O–H groups in total. The summed E-state index contributed by atoms with van der Waals surface area (Å²) in [5.41, 5.74) is 0.131. The zero-order chi connectivity index (χ0) is 19.8. The van der Waals surface area contributed by atoms with E-state index in [4.69, 9.17) is 5.11 Å². The minimum Gasteiger partial charge on any atom is -0.480 e. The first-order chi connectivity index (χ1) is 12.6. The minimum absolute atomic E-state index is 0.0376. The van der Waals surface area contributed by atoms with E-state index < -0.39 is 34.3 Å². The Balaban J connectivity index is 1.94. The maximum Gasteiger partial charge on any atom is 0.416 e. The summed E-state index contributed by atoms with van der Waals surface area (Å²) >= 11 is 0. The largest absolute Gasteiger partial charge is 0.480 e. The number of rotatable bonds is 4. The van der Waals surface area contributed by atoms with E-state index in [1.54, 1.807) is 17.0 Å². The second-order valence-electron chi connectivity index (χ2n) is 6.01. The van der Waals surface area contributed by atoms with Gasteiger partial charge in [0.15, 0.2) is 0 Å². The van der Waals surface area contributed by atoms with Gasteiger partial charge in [-0.05, 0) is 29.8 Å². The average Bonchev–Trinajstić information content (AvgIpc) is 2.59. The molecule has 3 rings (SSSR count). The molecule has 0 aromatic heterocycles. The van der Waals surface area contributed by atoms with Gasteiger partial charge in [0.1, 0.15) is 11.4 Å². The fourth-order valence-corrected chi connectivity index (χ4v) is 4.42. The lowest BCUT2D eigenvalue weighted by Crippen LogP contribution is -2.48. The standard InChI is InChI=1S/C17H15F3N2O4S/c18-17(19,20)13-7-5-12(6-8-13)9-21-11-22(10-16(23)24)27(25,26)15-4-2-1-3-14(15)21/h1-8H,9-11H2,(H,23,24). The van der Waals surface area contributed by atoms with E-state index in [1.807, 2.05) is 0 Å². The van der Waals surface area contributed by atoms with Gasteiger partial charge in [0, 0.05) is 6.54 Å². The van der Waals surface area contributed by atoms with Gasteiger partial charge in [-0.3, -0.25) is 4.79 Å². The van der Waals surface area contributed by atoms with E-state index in [0.717, 1.165) is 16.4 Å². The van der Waals surface area contributed by atoms with Gasteiger partial charge in [-0.15, -0.1) is 0 Å². The first-order valence-electron chi connectivity index (χ1n) is 7.81. The van der Waals surface area contributed by atoms with Crippen molar-refractivity contribution in [2.24, 2.45) is 0 Å². The molecule has 0 fully saturated rings. The summed E-state index contributed by atoms with van der Waals surface area (Å²) in [6.07, 6.45) is -4.44.